The van der Waals surface area contributed by atoms with Gasteiger partial charge in [-0.05, 0) is 101 Å². The topological polar surface area (TPSA) is 9.23 Å². The molecule has 0 radical (unpaired) electrons. The third-order valence-electron chi connectivity index (χ3n) is 6.14. The quantitative estimate of drug-likeness (QED) is 0.473. The molecule has 0 heterocycles. The molecule has 0 aliphatic heterocycles. The van der Waals surface area contributed by atoms with E-state index in [0.29, 0.717) is 43.3 Å². The molecule has 5 heteroatoms. The first-order chi connectivity index (χ1) is 13.4. The Hall–Kier alpha value is -1.10. The summed E-state index contributed by atoms with van der Waals surface area (Å²) in [6.45, 7) is 4.13. The van der Waals surface area contributed by atoms with E-state index in [0.717, 1.165) is 38.7 Å². The summed E-state index contributed by atoms with van der Waals surface area (Å²) in [6.07, 6.45) is 7.46. The number of benzene rings is 1. The molecule has 0 N–H and O–H groups in total. The van der Waals surface area contributed by atoms with Crippen LogP contribution in [-0.2, 0) is 4.74 Å². The van der Waals surface area contributed by atoms with Gasteiger partial charge in [0.25, 0.3) is 0 Å². The third-order valence-corrected chi connectivity index (χ3v) is 6.14. The summed E-state index contributed by atoms with van der Waals surface area (Å²) in [6, 6.07) is 2.78. The summed E-state index contributed by atoms with van der Waals surface area (Å²) in [7, 11) is 0. The maximum absolute atomic E-state index is 13.4. The van der Waals surface area contributed by atoms with Crippen molar-refractivity contribution in [1.82, 2.24) is 0 Å². The van der Waals surface area contributed by atoms with Gasteiger partial charge in [0.1, 0.15) is 17.8 Å². The van der Waals surface area contributed by atoms with Crippen LogP contribution < -0.4 is 0 Å². The maximum atomic E-state index is 13.4. The smallest absolute Gasteiger partial charge is 0.129 e. The zero-order valence-electron chi connectivity index (χ0n) is 17.2. The monoisotopic (exact) mass is 402 g/mol. The second-order valence-corrected chi connectivity index (χ2v) is 8.13. The first-order valence-corrected chi connectivity index (χ1v) is 10.7. The number of halogens is 4. The molecule has 0 bridgehead atoms. The van der Waals surface area contributed by atoms with E-state index in [2.05, 4.69) is 0 Å². The van der Waals surface area contributed by atoms with Crippen molar-refractivity contribution in [1.29, 1.82) is 0 Å². The lowest BCUT2D eigenvalue weighted by Gasteiger charge is -2.27. The van der Waals surface area contributed by atoms with Crippen LogP contribution in [0.4, 0.5) is 17.6 Å². The van der Waals surface area contributed by atoms with Gasteiger partial charge in [-0.15, -0.1) is 0 Å². The van der Waals surface area contributed by atoms with Gasteiger partial charge in [-0.1, -0.05) is 0 Å². The van der Waals surface area contributed by atoms with Crippen LogP contribution in [0.3, 0.4) is 0 Å². The predicted molar refractivity (Wildman–Crippen MR) is 105 cm³/mol. The fourth-order valence-electron chi connectivity index (χ4n) is 4.26. The molecule has 1 nitrogen and oxygen atoms in total. The summed E-state index contributed by atoms with van der Waals surface area (Å²) in [5, 5.41) is 0. The highest BCUT2D eigenvalue weighted by atomic mass is 19.1. The second-order valence-electron chi connectivity index (χ2n) is 8.13. The SMILES string of the molecule is CCOC1CCC(CCF)CC1.Cc1c(F)cc(C2CCC(F)CC2)cc1F. The van der Waals surface area contributed by atoms with Crippen molar-refractivity contribution in [2.75, 3.05) is 13.3 Å². The molecule has 3 rings (SSSR count). The van der Waals surface area contributed by atoms with Crippen molar-refractivity contribution >= 4 is 0 Å². The Balaban J connectivity index is 0.000000209. The highest BCUT2D eigenvalue weighted by Crippen LogP contribution is 2.35. The maximum Gasteiger partial charge on any atom is 0.129 e. The number of hydrogen-bond acceptors (Lipinski definition) is 1. The molecule has 2 fully saturated rings. The number of hydrogen-bond donors (Lipinski definition) is 0. The molecular weight excluding hydrogens is 368 g/mol. The van der Waals surface area contributed by atoms with Gasteiger partial charge in [-0.2, -0.15) is 0 Å². The average Bonchev–Trinajstić information content (AvgIpc) is 2.69. The van der Waals surface area contributed by atoms with Crippen LogP contribution in [-0.4, -0.2) is 25.6 Å². The fourth-order valence-corrected chi connectivity index (χ4v) is 4.26. The van der Waals surface area contributed by atoms with Crippen LogP contribution >= 0.6 is 0 Å². The lowest BCUT2D eigenvalue weighted by molar-refractivity contribution is 0.0241. The highest BCUT2D eigenvalue weighted by molar-refractivity contribution is 5.28. The summed E-state index contributed by atoms with van der Waals surface area (Å²) in [5.74, 6) is -0.266. The summed E-state index contributed by atoms with van der Waals surface area (Å²) in [4.78, 5) is 0. The standard InChI is InChI=1S/C13H15F3.C10H19FO/c1-8-12(15)6-10(7-13(8)16)9-2-4-11(14)5-3-9;1-2-12-10-5-3-9(4-6-10)7-8-11/h6-7,9,11H,2-5H2,1H3;9-10H,2-8H2,1H3. The highest BCUT2D eigenvalue weighted by Gasteiger charge is 2.23. The van der Waals surface area contributed by atoms with Gasteiger partial charge in [0, 0.05) is 12.2 Å². The van der Waals surface area contributed by atoms with E-state index in [4.69, 9.17) is 4.74 Å². The first-order valence-electron chi connectivity index (χ1n) is 10.7. The average molecular weight is 403 g/mol. The molecular formula is C23H34F4O. The molecule has 1 aromatic rings. The van der Waals surface area contributed by atoms with Crippen LogP contribution in [0.25, 0.3) is 0 Å². The van der Waals surface area contributed by atoms with Gasteiger partial charge in [-0.3, -0.25) is 4.39 Å². The Morgan fingerprint density at radius 3 is 2.00 bits per heavy atom. The Kier molecular flexibility index (Phi) is 9.76. The van der Waals surface area contributed by atoms with Crippen LogP contribution in [0.2, 0.25) is 0 Å². The molecule has 0 saturated heterocycles. The zero-order valence-corrected chi connectivity index (χ0v) is 17.2. The minimum atomic E-state index is -0.739. The molecule has 0 spiro atoms. The number of alkyl halides is 2. The Bertz CT molecular complexity index is 539. The van der Waals surface area contributed by atoms with Gasteiger partial charge in [0.15, 0.2) is 0 Å². The third kappa shape index (κ3) is 7.06. The van der Waals surface area contributed by atoms with E-state index in [1.807, 2.05) is 6.92 Å². The molecule has 0 amide bonds. The van der Waals surface area contributed by atoms with Gasteiger partial charge in [0.05, 0.1) is 12.8 Å². The van der Waals surface area contributed by atoms with Crippen molar-refractivity contribution in [3.63, 3.8) is 0 Å². The molecule has 0 atom stereocenters. The lowest BCUT2D eigenvalue weighted by atomic mass is 9.83. The largest absolute Gasteiger partial charge is 0.379 e. The van der Waals surface area contributed by atoms with E-state index >= 15 is 0 Å². The molecule has 0 aromatic heterocycles. The van der Waals surface area contributed by atoms with Gasteiger partial charge in [0.2, 0.25) is 0 Å². The molecule has 160 valence electrons. The number of rotatable bonds is 5. The zero-order chi connectivity index (χ0) is 20.5. The minimum Gasteiger partial charge on any atom is -0.379 e. The number of ether oxygens (including phenoxy) is 1. The fraction of sp³-hybridized carbons (Fsp3) is 0.739. The molecule has 28 heavy (non-hydrogen) atoms. The molecule has 1 aromatic carbocycles. The van der Waals surface area contributed by atoms with Crippen LogP contribution in [0.15, 0.2) is 12.1 Å². The van der Waals surface area contributed by atoms with Gasteiger partial charge >= 0.3 is 0 Å². The lowest BCUT2D eigenvalue weighted by Crippen LogP contribution is -2.21. The summed E-state index contributed by atoms with van der Waals surface area (Å²) < 4.78 is 57.2. The minimum absolute atomic E-state index is 0.0583. The van der Waals surface area contributed by atoms with Gasteiger partial charge in [-0.25, -0.2) is 13.2 Å². The molecule has 2 saturated carbocycles. The normalized spacial score (nSPS) is 27.8. The predicted octanol–water partition coefficient (Wildman–Crippen LogP) is 7.21. The van der Waals surface area contributed by atoms with Crippen molar-refractivity contribution < 1.29 is 22.3 Å². The van der Waals surface area contributed by atoms with Crippen molar-refractivity contribution in [2.24, 2.45) is 5.92 Å². The Morgan fingerprint density at radius 2 is 1.50 bits per heavy atom. The first kappa shape index (κ1) is 23.2. The van der Waals surface area contributed by atoms with Crippen LogP contribution in [0, 0.1) is 24.5 Å². The van der Waals surface area contributed by atoms with E-state index in [1.54, 1.807) is 0 Å². The molecule has 2 aliphatic carbocycles. The van der Waals surface area contributed by atoms with Gasteiger partial charge < -0.3 is 4.74 Å². The van der Waals surface area contributed by atoms with E-state index in [1.165, 1.54) is 19.1 Å². The Labute approximate surface area is 166 Å². The molecule has 0 unspecified atom stereocenters. The van der Waals surface area contributed by atoms with E-state index in [-0.39, 0.29) is 18.2 Å². The van der Waals surface area contributed by atoms with Crippen molar-refractivity contribution in [2.45, 2.75) is 89.8 Å². The van der Waals surface area contributed by atoms with E-state index in [9.17, 15) is 17.6 Å². The van der Waals surface area contributed by atoms with E-state index < -0.39 is 17.8 Å². The Morgan fingerprint density at radius 1 is 0.929 bits per heavy atom. The van der Waals surface area contributed by atoms with Crippen molar-refractivity contribution in [3.05, 3.63) is 34.9 Å². The molecule has 2 aliphatic rings. The summed E-state index contributed by atoms with van der Waals surface area (Å²) >= 11 is 0. The van der Waals surface area contributed by atoms with Crippen molar-refractivity contribution in [3.8, 4) is 0 Å². The van der Waals surface area contributed by atoms with Crippen LogP contribution in [0.1, 0.15) is 81.8 Å². The summed E-state index contributed by atoms with van der Waals surface area (Å²) in [5.41, 5.74) is 0.732. The van der Waals surface area contributed by atoms with Crippen LogP contribution in [0.5, 0.6) is 0 Å². The second kappa shape index (κ2) is 11.8.